The van der Waals surface area contributed by atoms with Crippen molar-refractivity contribution in [2.75, 3.05) is 33.9 Å². The number of amides is 2. The molecule has 5 nitrogen and oxygen atoms in total. The first-order valence-corrected chi connectivity index (χ1v) is 7.81. The molecule has 0 radical (unpaired) electrons. The molecule has 2 amide bonds. The monoisotopic (exact) mass is 284 g/mol. The molecule has 5 heteroatoms. The number of nitrogens with zero attached hydrogens (tertiary/aromatic N) is 1. The number of likely N-dealkylation sites (tertiary alicyclic amines) is 1. The lowest BCUT2D eigenvalue weighted by Gasteiger charge is -2.36. The highest BCUT2D eigenvalue weighted by molar-refractivity contribution is 5.74. The van der Waals surface area contributed by atoms with Crippen molar-refractivity contribution in [2.24, 2.45) is 5.92 Å². The fourth-order valence-electron chi connectivity index (χ4n) is 3.42. The van der Waals surface area contributed by atoms with Gasteiger partial charge in [0.2, 0.25) is 0 Å². The van der Waals surface area contributed by atoms with Crippen LogP contribution in [0.3, 0.4) is 0 Å². The first-order valence-electron chi connectivity index (χ1n) is 7.81. The highest BCUT2D eigenvalue weighted by atomic mass is 16.5. The highest BCUT2D eigenvalue weighted by Crippen LogP contribution is 2.22. The minimum Gasteiger partial charge on any atom is -0.384 e. The zero-order chi connectivity index (χ0) is 14.4. The van der Waals surface area contributed by atoms with E-state index in [0.717, 1.165) is 45.4 Å². The molecule has 0 bridgehead atoms. The molecule has 0 aromatic heterocycles. The summed E-state index contributed by atoms with van der Waals surface area (Å²) in [5.41, 5.74) is 0. The molecule has 0 aromatic carbocycles. The fraction of sp³-hybridized carbons (Fsp3) is 0.933. The average Bonchev–Trinajstić information content (AvgIpc) is 2.48. The van der Waals surface area contributed by atoms with Crippen molar-refractivity contribution in [2.45, 2.75) is 50.7 Å². The Hall–Kier alpha value is -0.810. The van der Waals surface area contributed by atoms with Gasteiger partial charge in [0.05, 0.1) is 18.8 Å². The Kier molecular flexibility index (Phi) is 6.10. The second-order valence-electron chi connectivity index (χ2n) is 6.02. The molecular formula is C15H28N2O3. The van der Waals surface area contributed by atoms with Gasteiger partial charge in [0.15, 0.2) is 0 Å². The first kappa shape index (κ1) is 15.6. The van der Waals surface area contributed by atoms with Gasteiger partial charge in [-0.1, -0.05) is 12.8 Å². The van der Waals surface area contributed by atoms with Crippen LogP contribution < -0.4 is 5.32 Å². The zero-order valence-corrected chi connectivity index (χ0v) is 12.8. The smallest absolute Gasteiger partial charge is 0.317 e. The van der Waals surface area contributed by atoms with Crippen molar-refractivity contribution >= 4 is 6.03 Å². The Morgan fingerprint density at radius 1 is 1.20 bits per heavy atom. The summed E-state index contributed by atoms with van der Waals surface area (Å²) in [5.74, 6) is 0.476. The van der Waals surface area contributed by atoms with Crippen LogP contribution in [-0.4, -0.2) is 57.0 Å². The van der Waals surface area contributed by atoms with Gasteiger partial charge in [-0.2, -0.15) is 0 Å². The summed E-state index contributed by atoms with van der Waals surface area (Å²) in [4.78, 5) is 14.3. The van der Waals surface area contributed by atoms with Gasteiger partial charge in [0, 0.05) is 33.2 Å². The molecule has 3 atom stereocenters. The van der Waals surface area contributed by atoms with E-state index < -0.39 is 0 Å². The zero-order valence-electron chi connectivity index (χ0n) is 12.8. The number of piperidine rings is 1. The standard InChI is InChI=1S/C15H28N2O3/c1-19-11-12-6-5-9-17(10-12)15(18)16-13-7-3-4-8-14(13)20-2/h12-14H,3-11H2,1-2H3,(H,16,18). The number of methoxy groups -OCH3 is 2. The van der Waals surface area contributed by atoms with E-state index in [1.807, 2.05) is 4.90 Å². The number of ether oxygens (including phenoxy) is 2. The lowest BCUT2D eigenvalue weighted by atomic mass is 9.92. The largest absolute Gasteiger partial charge is 0.384 e. The predicted octanol–water partition coefficient (Wildman–Crippen LogP) is 2.01. The van der Waals surface area contributed by atoms with Crippen LogP contribution in [0.25, 0.3) is 0 Å². The van der Waals surface area contributed by atoms with Crippen LogP contribution in [0.1, 0.15) is 38.5 Å². The van der Waals surface area contributed by atoms with E-state index in [0.29, 0.717) is 5.92 Å². The van der Waals surface area contributed by atoms with Crippen LogP contribution >= 0.6 is 0 Å². The Balaban J connectivity index is 1.83. The molecule has 2 aliphatic rings. The average molecular weight is 284 g/mol. The maximum Gasteiger partial charge on any atom is 0.317 e. The van der Waals surface area contributed by atoms with Crippen LogP contribution in [-0.2, 0) is 9.47 Å². The molecule has 1 heterocycles. The Morgan fingerprint density at radius 3 is 2.75 bits per heavy atom. The summed E-state index contributed by atoms with van der Waals surface area (Å²) in [6, 6.07) is 0.240. The molecule has 2 fully saturated rings. The normalized spacial score (nSPS) is 31.1. The van der Waals surface area contributed by atoms with Gasteiger partial charge in [-0.3, -0.25) is 0 Å². The SMILES string of the molecule is COCC1CCCN(C(=O)NC2CCCCC2OC)C1. The van der Waals surface area contributed by atoms with Gasteiger partial charge in [-0.25, -0.2) is 4.79 Å². The van der Waals surface area contributed by atoms with Gasteiger partial charge >= 0.3 is 6.03 Å². The van der Waals surface area contributed by atoms with E-state index in [1.165, 1.54) is 12.8 Å². The minimum atomic E-state index is 0.0692. The summed E-state index contributed by atoms with van der Waals surface area (Å²) in [6.07, 6.45) is 6.85. The molecule has 1 N–H and O–H groups in total. The number of urea groups is 1. The molecule has 116 valence electrons. The van der Waals surface area contributed by atoms with Crippen LogP contribution in [0.5, 0.6) is 0 Å². The maximum absolute atomic E-state index is 12.4. The topological polar surface area (TPSA) is 50.8 Å². The fourth-order valence-corrected chi connectivity index (χ4v) is 3.42. The third kappa shape index (κ3) is 4.09. The van der Waals surface area contributed by atoms with Gasteiger partial charge in [0.1, 0.15) is 0 Å². The van der Waals surface area contributed by atoms with Crippen molar-refractivity contribution in [3.8, 4) is 0 Å². The van der Waals surface area contributed by atoms with Gasteiger partial charge in [0.25, 0.3) is 0 Å². The summed E-state index contributed by atoms with van der Waals surface area (Å²) in [5, 5.41) is 3.17. The molecule has 1 saturated heterocycles. The molecule has 1 aliphatic heterocycles. The predicted molar refractivity (Wildman–Crippen MR) is 77.8 cm³/mol. The van der Waals surface area contributed by atoms with Crippen LogP contribution in [0.4, 0.5) is 4.79 Å². The van der Waals surface area contributed by atoms with Crippen molar-refractivity contribution in [3.05, 3.63) is 0 Å². The summed E-state index contributed by atoms with van der Waals surface area (Å²) >= 11 is 0. The van der Waals surface area contributed by atoms with E-state index in [-0.39, 0.29) is 18.2 Å². The summed E-state index contributed by atoms with van der Waals surface area (Å²) in [6.45, 7) is 2.41. The second kappa shape index (κ2) is 7.84. The van der Waals surface area contributed by atoms with Crippen LogP contribution in [0.2, 0.25) is 0 Å². The van der Waals surface area contributed by atoms with Crippen LogP contribution in [0, 0.1) is 5.92 Å². The highest BCUT2D eigenvalue weighted by Gasteiger charge is 2.29. The number of rotatable bonds is 4. The minimum absolute atomic E-state index is 0.0692. The van der Waals surface area contributed by atoms with Crippen molar-refractivity contribution in [1.29, 1.82) is 0 Å². The van der Waals surface area contributed by atoms with E-state index in [4.69, 9.17) is 9.47 Å². The van der Waals surface area contributed by atoms with Crippen molar-refractivity contribution in [3.63, 3.8) is 0 Å². The number of hydrogen-bond donors (Lipinski definition) is 1. The number of nitrogens with one attached hydrogen (secondary N) is 1. The maximum atomic E-state index is 12.4. The first-order chi connectivity index (χ1) is 9.74. The molecule has 20 heavy (non-hydrogen) atoms. The molecular weight excluding hydrogens is 256 g/mol. The van der Waals surface area contributed by atoms with Crippen molar-refractivity contribution in [1.82, 2.24) is 10.2 Å². The van der Waals surface area contributed by atoms with Crippen molar-refractivity contribution < 1.29 is 14.3 Å². The summed E-state index contributed by atoms with van der Waals surface area (Å²) in [7, 11) is 3.47. The molecule has 1 saturated carbocycles. The third-order valence-electron chi connectivity index (χ3n) is 4.52. The van der Waals surface area contributed by atoms with Crippen LogP contribution in [0.15, 0.2) is 0 Å². The molecule has 3 unspecified atom stereocenters. The molecule has 2 rings (SSSR count). The van der Waals surface area contributed by atoms with E-state index in [1.54, 1.807) is 14.2 Å². The van der Waals surface area contributed by atoms with E-state index in [9.17, 15) is 4.79 Å². The van der Waals surface area contributed by atoms with E-state index >= 15 is 0 Å². The Morgan fingerprint density at radius 2 is 2.00 bits per heavy atom. The lowest BCUT2D eigenvalue weighted by Crippen LogP contribution is -2.53. The van der Waals surface area contributed by atoms with Gasteiger partial charge in [-0.15, -0.1) is 0 Å². The Labute approximate surface area is 122 Å². The lowest BCUT2D eigenvalue weighted by molar-refractivity contribution is 0.0409. The van der Waals surface area contributed by atoms with Gasteiger partial charge in [-0.05, 0) is 25.7 Å². The second-order valence-corrected chi connectivity index (χ2v) is 6.02. The van der Waals surface area contributed by atoms with Gasteiger partial charge < -0.3 is 19.7 Å². The number of carbonyl (C=O) groups excluding carboxylic acids is 1. The third-order valence-corrected chi connectivity index (χ3v) is 4.52. The number of carbonyl (C=O) groups is 1. The quantitative estimate of drug-likeness (QED) is 0.859. The van der Waals surface area contributed by atoms with E-state index in [2.05, 4.69) is 5.32 Å². The summed E-state index contributed by atoms with van der Waals surface area (Å²) < 4.78 is 10.7. The molecule has 1 aliphatic carbocycles. The molecule has 0 spiro atoms. The number of hydrogen-bond acceptors (Lipinski definition) is 3. The molecule has 0 aromatic rings. The Bertz CT molecular complexity index is 309.